The molecule has 3 rings (SSSR count). The van der Waals surface area contributed by atoms with Gasteiger partial charge < -0.3 is 24.6 Å². The molecule has 8 heteroatoms. The molecule has 0 amide bonds. The number of guanidine groups is 1. The Kier molecular flexibility index (Phi) is 8.17. The van der Waals surface area contributed by atoms with E-state index in [4.69, 9.17) is 14.0 Å². The Hall–Kier alpha value is -2.74. The number of aryl methyl sites for hydroxylation is 2. The molecule has 0 radical (unpaired) electrons. The van der Waals surface area contributed by atoms with Crippen LogP contribution in [-0.2, 0) is 13.0 Å². The van der Waals surface area contributed by atoms with Crippen molar-refractivity contribution in [1.82, 2.24) is 20.7 Å². The molecule has 2 aromatic rings. The van der Waals surface area contributed by atoms with Gasteiger partial charge in [-0.25, -0.2) is 0 Å². The summed E-state index contributed by atoms with van der Waals surface area (Å²) in [4.78, 5) is 6.83. The van der Waals surface area contributed by atoms with E-state index < -0.39 is 0 Å². The van der Waals surface area contributed by atoms with Crippen molar-refractivity contribution in [2.24, 2.45) is 4.99 Å². The summed E-state index contributed by atoms with van der Waals surface area (Å²) in [5.41, 5.74) is 3.39. The molecule has 0 spiro atoms. The maximum atomic E-state index is 5.39. The minimum Gasteiger partial charge on any atom is -0.497 e. The van der Waals surface area contributed by atoms with Crippen molar-refractivity contribution < 1.29 is 14.0 Å². The Morgan fingerprint density at radius 2 is 1.97 bits per heavy atom. The number of aliphatic imine (C=N–C) groups is 1. The molecule has 0 bridgehead atoms. The van der Waals surface area contributed by atoms with Crippen molar-refractivity contribution >= 4 is 5.96 Å². The summed E-state index contributed by atoms with van der Waals surface area (Å²) in [6.07, 6.45) is 3.03. The lowest BCUT2D eigenvalue weighted by Crippen LogP contribution is -2.44. The Morgan fingerprint density at radius 1 is 1.23 bits per heavy atom. The van der Waals surface area contributed by atoms with Crippen molar-refractivity contribution in [1.29, 1.82) is 0 Å². The Bertz CT molecular complexity index is 838. The number of likely N-dealkylation sites (tertiary alicyclic amines) is 1. The summed E-state index contributed by atoms with van der Waals surface area (Å²) < 4.78 is 16.0. The van der Waals surface area contributed by atoms with Gasteiger partial charge in [-0.2, -0.15) is 0 Å². The highest BCUT2D eigenvalue weighted by molar-refractivity contribution is 5.80. The van der Waals surface area contributed by atoms with Crippen LogP contribution in [0.4, 0.5) is 0 Å². The molecule has 1 aliphatic heterocycles. The molecular weight excluding hydrogens is 394 g/mol. The number of hydrogen-bond donors (Lipinski definition) is 2. The standard InChI is InChI=1S/C23H35N5O3/c1-16-22(17(2)31-27-16)7-6-9-25-23(24-3)26-19-8-10-28(15-19)14-18-11-20(29-4)13-21(12-18)30-5/h11-13,19H,6-10,14-15H2,1-5H3,(H2,24,25,26). The smallest absolute Gasteiger partial charge is 0.191 e. The summed E-state index contributed by atoms with van der Waals surface area (Å²) in [6, 6.07) is 6.42. The van der Waals surface area contributed by atoms with Gasteiger partial charge in [0.2, 0.25) is 0 Å². The molecule has 2 heterocycles. The molecule has 0 saturated carbocycles. The van der Waals surface area contributed by atoms with Crippen LogP contribution in [-0.4, -0.2) is 63.0 Å². The van der Waals surface area contributed by atoms with Gasteiger partial charge in [-0.15, -0.1) is 0 Å². The zero-order valence-electron chi connectivity index (χ0n) is 19.3. The second-order valence-electron chi connectivity index (χ2n) is 7.99. The highest BCUT2D eigenvalue weighted by Crippen LogP contribution is 2.24. The molecule has 1 unspecified atom stereocenters. The van der Waals surface area contributed by atoms with Crippen LogP contribution >= 0.6 is 0 Å². The van der Waals surface area contributed by atoms with Gasteiger partial charge >= 0.3 is 0 Å². The van der Waals surface area contributed by atoms with Crippen LogP contribution in [0.15, 0.2) is 27.7 Å². The summed E-state index contributed by atoms with van der Waals surface area (Å²) >= 11 is 0. The topological polar surface area (TPSA) is 84.2 Å². The van der Waals surface area contributed by atoms with Crippen molar-refractivity contribution in [3.05, 3.63) is 40.8 Å². The molecule has 1 aromatic heterocycles. The van der Waals surface area contributed by atoms with Crippen LogP contribution in [0, 0.1) is 13.8 Å². The number of aromatic nitrogens is 1. The van der Waals surface area contributed by atoms with E-state index in [1.807, 2.05) is 27.0 Å². The van der Waals surface area contributed by atoms with Crippen molar-refractivity contribution in [2.75, 3.05) is 40.9 Å². The summed E-state index contributed by atoms with van der Waals surface area (Å²) in [6.45, 7) is 7.70. The van der Waals surface area contributed by atoms with E-state index in [2.05, 4.69) is 37.8 Å². The summed E-state index contributed by atoms with van der Waals surface area (Å²) in [7, 11) is 5.18. The van der Waals surface area contributed by atoms with Gasteiger partial charge in [0.25, 0.3) is 0 Å². The van der Waals surface area contributed by atoms with E-state index in [9.17, 15) is 0 Å². The van der Waals surface area contributed by atoms with Crippen LogP contribution in [0.5, 0.6) is 11.5 Å². The van der Waals surface area contributed by atoms with Gasteiger partial charge in [0, 0.05) is 50.9 Å². The van der Waals surface area contributed by atoms with E-state index in [1.165, 1.54) is 11.1 Å². The molecule has 1 aromatic carbocycles. The predicted molar refractivity (Wildman–Crippen MR) is 122 cm³/mol. The Balaban J connectivity index is 1.43. The third kappa shape index (κ3) is 6.37. The number of nitrogens with zero attached hydrogens (tertiary/aromatic N) is 3. The maximum Gasteiger partial charge on any atom is 0.191 e. The molecule has 0 aliphatic carbocycles. The number of benzene rings is 1. The fourth-order valence-electron chi connectivity index (χ4n) is 4.03. The largest absolute Gasteiger partial charge is 0.497 e. The minimum absolute atomic E-state index is 0.376. The van der Waals surface area contributed by atoms with Crippen LogP contribution < -0.4 is 20.1 Å². The Labute approximate surface area is 185 Å². The first-order valence-corrected chi connectivity index (χ1v) is 10.9. The number of hydrogen-bond acceptors (Lipinski definition) is 6. The van der Waals surface area contributed by atoms with E-state index in [1.54, 1.807) is 14.2 Å². The van der Waals surface area contributed by atoms with Crippen molar-refractivity contribution in [3.63, 3.8) is 0 Å². The lowest BCUT2D eigenvalue weighted by molar-refractivity contribution is 0.321. The van der Waals surface area contributed by atoms with Crippen molar-refractivity contribution in [2.45, 2.75) is 45.7 Å². The number of methoxy groups -OCH3 is 2. The molecule has 8 nitrogen and oxygen atoms in total. The second-order valence-corrected chi connectivity index (χ2v) is 7.99. The highest BCUT2D eigenvalue weighted by Gasteiger charge is 2.23. The van der Waals surface area contributed by atoms with Crippen LogP contribution in [0.3, 0.4) is 0 Å². The monoisotopic (exact) mass is 429 g/mol. The molecule has 1 aliphatic rings. The molecule has 1 fully saturated rings. The molecule has 170 valence electrons. The highest BCUT2D eigenvalue weighted by atomic mass is 16.5. The average Bonchev–Trinajstić information content (AvgIpc) is 3.35. The first-order valence-electron chi connectivity index (χ1n) is 10.9. The van der Waals surface area contributed by atoms with Crippen LogP contribution in [0.1, 0.15) is 35.4 Å². The minimum atomic E-state index is 0.376. The lowest BCUT2D eigenvalue weighted by Gasteiger charge is -2.19. The normalized spacial score (nSPS) is 17.1. The average molecular weight is 430 g/mol. The molecule has 31 heavy (non-hydrogen) atoms. The van der Waals surface area contributed by atoms with Crippen LogP contribution in [0.2, 0.25) is 0 Å². The van der Waals surface area contributed by atoms with Crippen molar-refractivity contribution in [3.8, 4) is 11.5 Å². The number of nitrogens with one attached hydrogen (secondary N) is 2. The fourth-order valence-corrected chi connectivity index (χ4v) is 4.03. The zero-order chi connectivity index (χ0) is 22.2. The number of rotatable bonds is 9. The molecular formula is C23H35N5O3. The predicted octanol–water partition coefficient (Wildman–Crippen LogP) is 2.68. The van der Waals surface area contributed by atoms with E-state index in [0.29, 0.717) is 6.04 Å². The van der Waals surface area contributed by atoms with Gasteiger partial charge in [-0.05, 0) is 50.8 Å². The van der Waals surface area contributed by atoms with Crippen LogP contribution in [0.25, 0.3) is 0 Å². The van der Waals surface area contributed by atoms with E-state index in [0.717, 1.165) is 74.4 Å². The maximum absolute atomic E-state index is 5.39. The summed E-state index contributed by atoms with van der Waals surface area (Å²) in [5, 5.41) is 11.0. The van der Waals surface area contributed by atoms with Gasteiger partial charge in [-0.3, -0.25) is 9.89 Å². The quantitative estimate of drug-likeness (QED) is 0.360. The zero-order valence-corrected chi connectivity index (χ0v) is 19.3. The van der Waals surface area contributed by atoms with Gasteiger partial charge in [0.15, 0.2) is 5.96 Å². The third-order valence-corrected chi connectivity index (χ3v) is 5.73. The first kappa shape index (κ1) is 22.9. The fraction of sp³-hybridized carbons (Fsp3) is 0.565. The first-order chi connectivity index (χ1) is 15.0. The molecule has 1 saturated heterocycles. The van der Waals surface area contributed by atoms with E-state index in [-0.39, 0.29) is 0 Å². The Morgan fingerprint density at radius 3 is 2.58 bits per heavy atom. The molecule has 1 atom stereocenters. The lowest BCUT2D eigenvalue weighted by atomic mass is 10.1. The number of ether oxygens (including phenoxy) is 2. The SMILES string of the molecule is CN=C(NCCCc1c(C)noc1C)NC1CCN(Cc2cc(OC)cc(OC)c2)C1. The summed E-state index contributed by atoms with van der Waals surface area (Å²) in [5.74, 6) is 3.42. The second kappa shape index (κ2) is 11.0. The molecule has 2 N–H and O–H groups in total. The van der Waals surface area contributed by atoms with E-state index >= 15 is 0 Å². The van der Waals surface area contributed by atoms with Gasteiger partial charge in [0.1, 0.15) is 17.3 Å². The van der Waals surface area contributed by atoms with Gasteiger partial charge in [-0.1, -0.05) is 5.16 Å². The van der Waals surface area contributed by atoms with Gasteiger partial charge in [0.05, 0.1) is 19.9 Å². The third-order valence-electron chi connectivity index (χ3n) is 5.73.